The molecular formula is C12H21N3O3. The summed E-state index contributed by atoms with van der Waals surface area (Å²) in [6.07, 6.45) is 6.45. The number of nitrogens with zero attached hydrogens (tertiary/aromatic N) is 1. The van der Waals surface area contributed by atoms with Gasteiger partial charge in [0.2, 0.25) is 0 Å². The minimum Gasteiger partial charge on any atom is -0.383 e. The van der Waals surface area contributed by atoms with E-state index in [9.17, 15) is 9.59 Å². The first-order valence-corrected chi connectivity index (χ1v) is 6.36. The van der Waals surface area contributed by atoms with Crippen LogP contribution in [0.5, 0.6) is 0 Å². The maximum Gasteiger partial charge on any atom is 0.329 e. The molecule has 0 aromatic heterocycles. The van der Waals surface area contributed by atoms with Crippen LogP contribution in [-0.2, 0) is 14.3 Å². The first-order valence-electron chi connectivity index (χ1n) is 6.36. The predicted molar refractivity (Wildman–Crippen MR) is 68.2 cm³/mol. The van der Waals surface area contributed by atoms with Gasteiger partial charge in [-0.15, -0.1) is 0 Å². The summed E-state index contributed by atoms with van der Waals surface area (Å²) >= 11 is 0. The first-order chi connectivity index (χ1) is 8.74. The maximum atomic E-state index is 11.4. The van der Waals surface area contributed by atoms with Crippen LogP contribution in [0.2, 0.25) is 0 Å². The van der Waals surface area contributed by atoms with Crippen LogP contribution < -0.4 is 10.7 Å². The molecule has 0 unspecified atom stereocenters. The van der Waals surface area contributed by atoms with Crippen molar-refractivity contribution in [2.24, 2.45) is 5.10 Å². The molecule has 0 atom stereocenters. The van der Waals surface area contributed by atoms with Crippen molar-refractivity contribution in [2.45, 2.75) is 38.5 Å². The Labute approximate surface area is 107 Å². The second kappa shape index (κ2) is 8.63. The molecule has 1 aliphatic rings. The highest BCUT2D eigenvalue weighted by Crippen LogP contribution is 2.14. The molecule has 2 N–H and O–H groups in total. The number of amides is 2. The van der Waals surface area contributed by atoms with Crippen molar-refractivity contribution in [1.29, 1.82) is 0 Å². The van der Waals surface area contributed by atoms with Gasteiger partial charge < -0.3 is 10.1 Å². The molecule has 0 saturated heterocycles. The monoisotopic (exact) mass is 255 g/mol. The molecule has 18 heavy (non-hydrogen) atoms. The highest BCUT2D eigenvalue weighted by Gasteiger charge is 2.12. The van der Waals surface area contributed by atoms with Crippen LogP contribution in [0.4, 0.5) is 0 Å². The number of methoxy groups -OCH3 is 1. The lowest BCUT2D eigenvalue weighted by atomic mass is 10.2. The SMILES string of the molecule is COCCNC(=O)C(=O)NN=C1CCCCCC1. The van der Waals surface area contributed by atoms with Crippen LogP contribution in [0.3, 0.4) is 0 Å². The van der Waals surface area contributed by atoms with Gasteiger partial charge in [-0.3, -0.25) is 9.59 Å². The van der Waals surface area contributed by atoms with Crippen molar-refractivity contribution in [3.05, 3.63) is 0 Å². The Morgan fingerprint density at radius 3 is 2.44 bits per heavy atom. The molecule has 6 heteroatoms. The molecule has 0 aromatic rings. The zero-order chi connectivity index (χ0) is 13.2. The fraction of sp³-hybridized carbons (Fsp3) is 0.750. The van der Waals surface area contributed by atoms with Gasteiger partial charge in [-0.1, -0.05) is 12.8 Å². The third-order valence-corrected chi connectivity index (χ3v) is 2.79. The van der Waals surface area contributed by atoms with E-state index < -0.39 is 11.8 Å². The zero-order valence-electron chi connectivity index (χ0n) is 10.8. The molecule has 6 nitrogen and oxygen atoms in total. The summed E-state index contributed by atoms with van der Waals surface area (Å²) in [5, 5.41) is 6.46. The summed E-state index contributed by atoms with van der Waals surface area (Å²) in [7, 11) is 1.53. The van der Waals surface area contributed by atoms with Gasteiger partial charge >= 0.3 is 11.8 Å². The fourth-order valence-corrected chi connectivity index (χ4v) is 1.78. The van der Waals surface area contributed by atoms with Gasteiger partial charge in [0, 0.05) is 19.4 Å². The fourth-order valence-electron chi connectivity index (χ4n) is 1.78. The molecule has 0 aromatic carbocycles. The first kappa shape index (κ1) is 14.6. The van der Waals surface area contributed by atoms with Crippen molar-refractivity contribution in [3.8, 4) is 0 Å². The van der Waals surface area contributed by atoms with E-state index in [1.807, 2.05) is 0 Å². The average molecular weight is 255 g/mol. The average Bonchev–Trinajstić information content (AvgIpc) is 2.64. The van der Waals surface area contributed by atoms with Crippen molar-refractivity contribution >= 4 is 17.5 Å². The Kier molecular flexibility index (Phi) is 7.01. The van der Waals surface area contributed by atoms with Crippen LogP contribution in [0.1, 0.15) is 38.5 Å². The minimum absolute atomic E-state index is 0.319. The van der Waals surface area contributed by atoms with Crippen molar-refractivity contribution in [2.75, 3.05) is 20.3 Å². The van der Waals surface area contributed by atoms with Crippen LogP contribution >= 0.6 is 0 Å². The van der Waals surface area contributed by atoms with Gasteiger partial charge in [0.25, 0.3) is 0 Å². The van der Waals surface area contributed by atoms with Crippen LogP contribution in [0, 0.1) is 0 Å². The summed E-state index contributed by atoms with van der Waals surface area (Å²) in [5.41, 5.74) is 3.28. The van der Waals surface area contributed by atoms with Gasteiger partial charge in [0.15, 0.2) is 0 Å². The zero-order valence-corrected chi connectivity index (χ0v) is 10.8. The quantitative estimate of drug-likeness (QED) is 0.334. The molecule has 0 radical (unpaired) electrons. The van der Waals surface area contributed by atoms with Gasteiger partial charge in [0.05, 0.1) is 6.61 Å². The minimum atomic E-state index is -0.720. The number of nitrogens with one attached hydrogen (secondary N) is 2. The second-order valence-electron chi connectivity index (χ2n) is 4.28. The van der Waals surface area contributed by atoms with E-state index in [4.69, 9.17) is 4.74 Å². The molecule has 102 valence electrons. The van der Waals surface area contributed by atoms with E-state index in [0.29, 0.717) is 13.2 Å². The normalized spacial score (nSPS) is 15.7. The molecule has 1 saturated carbocycles. The topological polar surface area (TPSA) is 79.8 Å². The van der Waals surface area contributed by atoms with Crippen molar-refractivity contribution in [1.82, 2.24) is 10.7 Å². The number of hydrogen-bond donors (Lipinski definition) is 2. The lowest BCUT2D eigenvalue weighted by Gasteiger charge is -2.04. The highest BCUT2D eigenvalue weighted by molar-refractivity contribution is 6.35. The van der Waals surface area contributed by atoms with E-state index in [2.05, 4.69) is 15.8 Å². The van der Waals surface area contributed by atoms with Crippen molar-refractivity contribution in [3.63, 3.8) is 0 Å². The molecule has 1 rings (SSSR count). The molecule has 0 heterocycles. The summed E-state index contributed by atoms with van der Waals surface area (Å²) < 4.78 is 4.77. The van der Waals surface area contributed by atoms with E-state index in [-0.39, 0.29) is 0 Å². The summed E-state index contributed by atoms with van der Waals surface area (Å²) in [5.74, 6) is -1.40. The van der Waals surface area contributed by atoms with E-state index in [1.54, 1.807) is 0 Å². The smallest absolute Gasteiger partial charge is 0.329 e. The standard InChI is InChI=1S/C12H21N3O3/c1-18-9-8-13-11(16)12(17)15-14-10-6-4-2-3-5-7-10/h2-9H2,1H3,(H,13,16)(H,15,17). The number of ether oxygens (including phenoxy) is 1. The van der Waals surface area contributed by atoms with E-state index in [0.717, 1.165) is 31.4 Å². The molecular weight excluding hydrogens is 234 g/mol. The number of rotatable bonds is 4. The van der Waals surface area contributed by atoms with Crippen molar-refractivity contribution < 1.29 is 14.3 Å². The van der Waals surface area contributed by atoms with Crippen LogP contribution in [0.15, 0.2) is 5.10 Å². The molecule has 0 bridgehead atoms. The molecule has 1 fully saturated rings. The number of carbonyl (C=O) groups is 2. The van der Waals surface area contributed by atoms with E-state index in [1.165, 1.54) is 20.0 Å². The third-order valence-electron chi connectivity index (χ3n) is 2.79. The molecule has 1 aliphatic carbocycles. The van der Waals surface area contributed by atoms with E-state index >= 15 is 0 Å². The lowest BCUT2D eigenvalue weighted by molar-refractivity contribution is -0.139. The second-order valence-corrected chi connectivity index (χ2v) is 4.28. The maximum absolute atomic E-state index is 11.4. The third kappa shape index (κ3) is 5.77. The molecule has 0 aliphatic heterocycles. The van der Waals surface area contributed by atoms with Gasteiger partial charge in [-0.05, 0) is 25.7 Å². The molecule has 0 spiro atoms. The Morgan fingerprint density at radius 2 is 1.83 bits per heavy atom. The number of hydrogen-bond acceptors (Lipinski definition) is 4. The highest BCUT2D eigenvalue weighted by atomic mass is 16.5. The summed E-state index contributed by atoms with van der Waals surface area (Å²) in [6, 6.07) is 0. The lowest BCUT2D eigenvalue weighted by Crippen LogP contribution is -2.39. The number of carbonyl (C=O) groups excluding carboxylic acids is 2. The van der Waals surface area contributed by atoms with Gasteiger partial charge in [-0.25, -0.2) is 5.43 Å². The largest absolute Gasteiger partial charge is 0.383 e. The Balaban J connectivity index is 2.29. The summed E-state index contributed by atoms with van der Waals surface area (Å²) in [6.45, 7) is 0.701. The number of hydrazone groups is 1. The Hall–Kier alpha value is -1.43. The Morgan fingerprint density at radius 1 is 1.17 bits per heavy atom. The van der Waals surface area contributed by atoms with Crippen LogP contribution in [-0.4, -0.2) is 37.8 Å². The predicted octanol–water partition coefficient (Wildman–Crippen LogP) is 0.575. The Bertz CT molecular complexity index is 306. The summed E-state index contributed by atoms with van der Waals surface area (Å²) in [4.78, 5) is 22.7. The van der Waals surface area contributed by atoms with Crippen LogP contribution in [0.25, 0.3) is 0 Å². The van der Waals surface area contributed by atoms with Gasteiger partial charge in [-0.2, -0.15) is 5.10 Å². The molecule has 2 amide bonds. The van der Waals surface area contributed by atoms with Gasteiger partial charge in [0.1, 0.15) is 0 Å².